The number of hydrogen-bond acceptors (Lipinski definition) is 5. The molecule has 1 aromatic rings. The van der Waals surface area contributed by atoms with E-state index in [4.69, 9.17) is 0 Å². The van der Waals surface area contributed by atoms with Crippen LogP contribution in [0.1, 0.15) is 12.1 Å². The summed E-state index contributed by atoms with van der Waals surface area (Å²) >= 11 is 1.13. The number of thiazole rings is 1. The highest BCUT2D eigenvalue weighted by Gasteiger charge is 1.99. The van der Waals surface area contributed by atoms with Crippen LogP contribution in [0.25, 0.3) is 0 Å². The quantitative estimate of drug-likeness (QED) is 0.540. The zero-order chi connectivity index (χ0) is 10.4. The van der Waals surface area contributed by atoms with Gasteiger partial charge >= 0.3 is 10.8 Å². The third-order valence-corrected chi connectivity index (χ3v) is 2.34. The lowest BCUT2D eigenvalue weighted by atomic mass is 10.4. The number of H-pyrrole nitrogens is 1. The molecule has 0 bridgehead atoms. The van der Waals surface area contributed by atoms with Crippen LogP contribution in [0, 0.1) is 0 Å². The molecular formula is C8H12N2O3S. The van der Waals surface area contributed by atoms with Gasteiger partial charge in [-0.3, -0.25) is 9.59 Å². The first kappa shape index (κ1) is 10.9. The van der Waals surface area contributed by atoms with Crippen molar-refractivity contribution in [2.24, 2.45) is 0 Å². The lowest BCUT2D eigenvalue weighted by Gasteiger charge is -2.01. The highest BCUT2D eigenvalue weighted by molar-refractivity contribution is 7.07. The molecule has 0 unspecified atom stereocenters. The minimum atomic E-state index is -0.240. The molecule has 2 N–H and O–H groups in total. The second-order valence-electron chi connectivity index (χ2n) is 2.68. The Kier molecular flexibility index (Phi) is 4.34. The highest BCUT2D eigenvalue weighted by Crippen LogP contribution is 1.94. The summed E-state index contributed by atoms with van der Waals surface area (Å²) in [6, 6.07) is 0. The van der Waals surface area contributed by atoms with Crippen LogP contribution >= 0.6 is 11.3 Å². The van der Waals surface area contributed by atoms with Gasteiger partial charge in [0.05, 0.1) is 13.5 Å². The maximum Gasteiger partial charge on any atom is 0.306 e. The molecule has 0 aliphatic rings. The second-order valence-corrected chi connectivity index (χ2v) is 3.52. The number of rotatable bonds is 5. The van der Waals surface area contributed by atoms with Crippen LogP contribution in [-0.4, -0.2) is 24.6 Å². The zero-order valence-corrected chi connectivity index (χ0v) is 8.65. The first-order chi connectivity index (χ1) is 6.72. The molecule has 78 valence electrons. The van der Waals surface area contributed by atoms with Gasteiger partial charge in [0.15, 0.2) is 0 Å². The van der Waals surface area contributed by atoms with Crippen molar-refractivity contribution in [3.8, 4) is 0 Å². The van der Waals surface area contributed by atoms with E-state index in [1.807, 2.05) is 0 Å². The van der Waals surface area contributed by atoms with Crippen LogP contribution in [0.4, 0.5) is 0 Å². The predicted octanol–water partition coefficient (Wildman–Crippen LogP) is 0.0891. The van der Waals surface area contributed by atoms with Crippen molar-refractivity contribution in [3.05, 3.63) is 20.7 Å². The number of carbonyl (C=O) groups is 1. The van der Waals surface area contributed by atoms with E-state index in [0.717, 1.165) is 17.0 Å². The predicted molar refractivity (Wildman–Crippen MR) is 53.3 cm³/mol. The van der Waals surface area contributed by atoms with Crippen LogP contribution in [0.15, 0.2) is 10.2 Å². The molecule has 1 rings (SSSR count). The highest BCUT2D eigenvalue weighted by atomic mass is 32.1. The molecule has 1 heterocycles. The monoisotopic (exact) mass is 216 g/mol. The molecule has 0 spiro atoms. The van der Waals surface area contributed by atoms with Crippen LogP contribution in [-0.2, 0) is 16.1 Å². The SMILES string of the molecule is COC(=O)CCNCc1csc(=O)[nH]1. The van der Waals surface area contributed by atoms with Gasteiger partial charge in [-0.2, -0.15) is 0 Å². The van der Waals surface area contributed by atoms with Gasteiger partial charge in [0.2, 0.25) is 0 Å². The fraction of sp³-hybridized carbons (Fsp3) is 0.500. The van der Waals surface area contributed by atoms with Crippen molar-refractivity contribution in [1.29, 1.82) is 0 Å². The standard InChI is InChI=1S/C8H12N2O3S/c1-13-7(11)2-3-9-4-6-5-14-8(12)10-6/h5,9H,2-4H2,1H3,(H,10,12). The number of carbonyl (C=O) groups excluding carboxylic acids is 1. The van der Waals surface area contributed by atoms with E-state index >= 15 is 0 Å². The molecule has 5 nitrogen and oxygen atoms in total. The molecule has 0 saturated carbocycles. The van der Waals surface area contributed by atoms with Gasteiger partial charge < -0.3 is 15.0 Å². The summed E-state index contributed by atoms with van der Waals surface area (Å²) in [5.74, 6) is -0.240. The largest absolute Gasteiger partial charge is 0.469 e. The average molecular weight is 216 g/mol. The molecule has 0 aliphatic carbocycles. The summed E-state index contributed by atoms with van der Waals surface area (Å²) in [5, 5.41) is 4.77. The molecule has 0 atom stereocenters. The Bertz CT molecular complexity index is 344. The molecule has 0 aromatic carbocycles. The van der Waals surface area contributed by atoms with Crippen molar-refractivity contribution in [1.82, 2.24) is 10.3 Å². The number of hydrogen-bond donors (Lipinski definition) is 2. The number of methoxy groups -OCH3 is 1. The molecule has 1 aromatic heterocycles. The van der Waals surface area contributed by atoms with Crippen molar-refractivity contribution in [2.75, 3.05) is 13.7 Å². The molecule has 0 amide bonds. The molecule has 0 aliphatic heterocycles. The van der Waals surface area contributed by atoms with Crippen LogP contribution in [0.2, 0.25) is 0 Å². The summed E-state index contributed by atoms with van der Waals surface area (Å²) in [6.07, 6.45) is 0.338. The van der Waals surface area contributed by atoms with E-state index in [2.05, 4.69) is 15.0 Å². The topological polar surface area (TPSA) is 71.2 Å². The zero-order valence-electron chi connectivity index (χ0n) is 7.83. The average Bonchev–Trinajstić information content (AvgIpc) is 2.58. The molecule has 0 fully saturated rings. The van der Waals surface area contributed by atoms with E-state index in [-0.39, 0.29) is 10.8 Å². The summed E-state index contributed by atoms with van der Waals surface area (Å²) < 4.78 is 4.47. The van der Waals surface area contributed by atoms with Gasteiger partial charge in [-0.05, 0) is 0 Å². The number of nitrogens with one attached hydrogen (secondary N) is 2. The van der Waals surface area contributed by atoms with Gasteiger partial charge in [-0.1, -0.05) is 11.3 Å². The lowest BCUT2D eigenvalue weighted by Crippen LogP contribution is -2.19. The van der Waals surface area contributed by atoms with Gasteiger partial charge in [0, 0.05) is 24.2 Å². The Hall–Kier alpha value is -1.14. The summed E-state index contributed by atoms with van der Waals surface area (Å²) in [5.41, 5.74) is 0.838. The van der Waals surface area contributed by atoms with E-state index < -0.39 is 0 Å². The fourth-order valence-corrected chi connectivity index (χ4v) is 1.50. The minimum Gasteiger partial charge on any atom is -0.469 e. The number of esters is 1. The third kappa shape index (κ3) is 3.71. The molecule has 0 radical (unpaired) electrons. The summed E-state index contributed by atoms with van der Waals surface area (Å²) in [4.78, 5) is 24.0. The Balaban J connectivity index is 2.16. The first-order valence-corrected chi connectivity index (χ1v) is 5.04. The number of aromatic nitrogens is 1. The van der Waals surface area contributed by atoms with Crippen LogP contribution < -0.4 is 10.2 Å². The third-order valence-electron chi connectivity index (χ3n) is 1.62. The Morgan fingerprint density at radius 3 is 3.07 bits per heavy atom. The number of aromatic amines is 1. The fourth-order valence-electron chi connectivity index (χ4n) is 0.916. The molecule has 6 heteroatoms. The van der Waals surface area contributed by atoms with Gasteiger partial charge in [-0.15, -0.1) is 0 Å². The number of ether oxygens (including phenoxy) is 1. The Morgan fingerprint density at radius 2 is 2.50 bits per heavy atom. The van der Waals surface area contributed by atoms with Crippen LogP contribution in [0.5, 0.6) is 0 Å². The van der Waals surface area contributed by atoms with Gasteiger partial charge in [-0.25, -0.2) is 0 Å². The Morgan fingerprint density at radius 1 is 1.71 bits per heavy atom. The molecule has 14 heavy (non-hydrogen) atoms. The molecular weight excluding hydrogens is 204 g/mol. The van der Waals surface area contributed by atoms with Gasteiger partial charge in [0.1, 0.15) is 0 Å². The maximum absolute atomic E-state index is 10.7. The van der Waals surface area contributed by atoms with E-state index in [0.29, 0.717) is 19.5 Å². The van der Waals surface area contributed by atoms with Gasteiger partial charge in [0.25, 0.3) is 0 Å². The second kappa shape index (κ2) is 5.56. The van der Waals surface area contributed by atoms with Crippen molar-refractivity contribution in [3.63, 3.8) is 0 Å². The summed E-state index contributed by atoms with van der Waals surface area (Å²) in [7, 11) is 1.36. The smallest absolute Gasteiger partial charge is 0.306 e. The minimum absolute atomic E-state index is 0.0604. The first-order valence-electron chi connectivity index (χ1n) is 4.16. The Labute approximate surface area is 85.1 Å². The van der Waals surface area contributed by atoms with E-state index in [1.165, 1.54) is 7.11 Å². The normalized spacial score (nSPS) is 10.1. The van der Waals surface area contributed by atoms with Crippen LogP contribution in [0.3, 0.4) is 0 Å². The summed E-state index contributed by atoms with van der Waals surface area (Å²) in [6.45, 7) is 1.11. The van der Waals surface area contributed by atoms with E-state index in [9.17, 15) is 9.59 Å². The lowest BCUT2D eigenvalue weighted by molar-refractivity contribution is -0.140. The van der Waals surface area contributed by atoms with Crippen molar-refractivity contribution >= 4 is 17.3 Å². The van der Waals surface area contributed by atoms with Crippen molar-refractivity contribution in [2.45, 2.75) is 13.0 Å². The maximum atomic E-state index is 10.7. The van der Waals surface area contributed by atoms with E-state index in [1.54, 1.807) is 5.38 Å². The molecule has 0 saturated heterocycles. The van der Waals surface area contributed by atoms with Crippen molar-refractivity contribution < 1.29 is 9.53 Å².